The lowest BCUT2D eigenvalue weighted by molar-refractivity contribution is -0.139. The Bertz CT molecular complexity index is 610. The van der Waals surface area contributed by atoms with Crippen molar-refractivity contribution in [2.45, 2.75) is 71.8 Å². The molecular weight excluding hydrogens is 328 g/mol. The Morgan fingerprint density at radius 3 is 2.54 bits per heavy atom. The number of benzene rings is 1. The maximum Gasteiger partial charge on any atom is 0.256 e. The number of nitriles is 1. The molecule has 144 valence electrons. The van der Waals surface area contributed by atoms with Crippen LogP contribution in [0, 0.1) is 11.3 Å². The molecule has 0 aliphatic rings. The van der Waals surface area contributed by atoms with E-state index in [9.17, 15) is 10.1 Å². The van der Waals surface area contributed by atoms with Crippen LogP contribution < -0.4 is 10.1 Å². The highest BCUT2D eigenvalue weighted by Crippen LogP contribution is 2.25. The highest BCUT2D eigenvalue weighted by molar-refractivity contribution is 5.97. The van der Waals surface area contributed by atoms with Crippen molar-refractivity contribution in [3.63, 3.8) is 0 Å². The molecule has 0 aromatic heterocycles. The minimum absolute atomic E-state index is 0.181. The maximum atomic E-state index is 12.8. The molecule has 26 heavy (non-hydrogen) atoms. The van der Waals surface area contributed by atoms with E-state index in [1.165, 1.54) is 0 Å². The van der Waals surface area contributed by atoms with Gasteiger partial charge in [-0.3, -0.25) is 4.79 Å². The van der Waals surface area contributed by atoms with Crippen LogP contribution in [0.5, 0.6) is 5.75 Å². The number of unbranched alkanes of at least 4 members (excludes halogenated alkanes) is 3. The average Bonchev–Trinajstić information content (AvgIpc) is 2.63. The Morgan fingerprint density at radius 2 is 1.92 bits per heavy atom. The number of carbonyl (C=O) groups is 1. The van der Waals surface area contributed by atoms with Gasteiger partial charge < -0.3 is 14.8 Å². The summed E-state index contributed by atoms with van der Waals surface area (Å²) < 4.78 is 11.4. The van der Waals surface area contributed by atoms with Crippen molar-refractivity contribution in [1.82, 2.24) is 0 Å². The Balaban J connectivity index is 2.84. The van der Waals surface area contributed by atoms with E-state index in [1.54, 1.807) is 18.2 Å². The first-order chi connectivity index (χ1) is 12.5. The maximum absolute atomic E-state index is 12.8. The molecule has 0 unspecified atom stereocenters. The summed E-state index contributed by atoms with van der Waals surface area (Å²) in [5.41, 5.74) is 0.131. The molecule has 1 atom stereocenters. The third kappa shape index (κ3) is 6.68. The zero-order valence-electron chi connectivity index (χ0n) is 16.6. The SMILES string of the molecule is CCCCC[C@@](C)(OCC)C(=O)Nc1ccc(OCCCC)c(C#N)c1. The van der Waals surface area contributed by atoms with Crippen molar-refractivity contribution in [3.05, 3.63) is 23.8 Å². The molecule has 5 heteroatoms. The molecule has 0 saturated heterocycles. The van der Waals surface area contributed by atoms with Gasteiger partial charge in [0.25, 0.3) is 5.91 Å². The smallest absolute Gasteiger partial charge is 0.256 e. The van der Waals surface area contributed by atoms with Gasteiger partial charge in [0.2, 0.25) is 0 Å². The number of carbonyl (C=O) groups excluding carboxylic acids is 1. The number of hydrogen-bond acceptors (Lipinski definition) is 4. The second kappa shape index (κ2) is 11.5. The largest absolute Gasteiger partial charge is 0.492 e. The summed E-state index contributed by atoms with van der Waals surface area (Å²) in [5.74, 6) is 0.369. The van der Waals surface area contributed by atoms with Gasteiger partial charge in [-0.1, -0.05) is 39.5 Å². The average molecular weight is 360 g/mol. The van der Waals surface area contributed by atoms with E-state index in [0.717, 1.165) is 32.1 Å². The normalized spacial score (nSPS) is 12.9. The van der Waals surface area contributed by atoms with Crippen molar-refractivity contribution in [2.24, 2.45) is 0 Å². The summed E-state index contributed by atoms with van der Waals surface area (Å²) in [7, 11) is 0. The summed E-state index contributed by atoms with van der Waals surface area (Å²) >= 11 is 0. The van der Waals surface area contributed by atoms with Crippen LogP contribution in [0.2, 0.25) is 0 Å². The minimum Gasteiger partial charge on any atom is -0.492 e. The first-order valence-corrected chi connectivity index (χ1v) is 9.63. The molecule has 1 N–H and O–H groups in total. The predicted octanol–water partition coefficient (Wildman–Crippen LogP) is 5.05. The third-order valence-corrected chi connectivity index (χ3v) is 4.31. The molecule has 0 saturated carbocycles. The van der Waals surface area contributed by atoms with E-state index in [4.69, 9.17) is 9.47 Å². The van der Waals surface area contributed by atoms with Gasteiger partial charge in [-0.25, -0.2) is 0 Å². The van der Waals surface area contributed by atoms with E-state index in [1.807, 2.05) is 13.8 Å². The molecule has 0 bridgehead atoms. The Kier molecular flexibility index (Phi) is 9.75. The number of hydrogen-bond donors (Lipinski definition) is 1. The molecule has 0 radical (unpaired) electrons. The lowest BCUT2D eigenvalue weighted by Crippen LogP contribution is -2.42. The highest BCUT2D eigenvalue weighted by atomic mass is 16.5. The van der Waals surface area contributed by atoms with Gasteiger partial charge in [-0.2, -0.15) is 5.26 Å². The van der Waals surface area contributed by atoms with Gasteiger partial charge in [0.05, 0.1) is 12.2 Å². The number of anilines is 1. The lowest BCUT2D eigenvalue weighted by atomic mass is 9.96. The first kappa shape index (κ1) is 22.0. The number of nitrogens with zero attached hydrogens (tertiary/aromatic N) is 1. The molecule has 1 aromatic rings. The zero-order valence-corrected chi connectivity index (χ0v) is 16.6. The molecule has 0 fully saturated rings. The molecule has 1 amide bonds. The topological polar surface area (TPSA) is 71.3 Å². The van der Waals surface area contributed by atoms with Gasteiger partial charge in [0, 0.05) is 12.3 Å². The monoisotopic (exact) mass is 360 g/mol. The molecule has 1 rings (SSSR count). The molecule has 1 aromatic carbocycles. The number of nitrogens with one attached hydrogen (secondary N) is 1. The summed E-state index contributed by atoms with van der Waals surface area (Å²) in [6.45, 7) is 8.99. The molecule has 0 spiro atoms. The van der Waals surface area contributed by atoms with Gasteiger partial charge in [0.15, 0.2) is 0 Å². The van der Waals surface area contributed by atoms with Crippen LogP contribution in [0.1, 0.15) is 71.8 Å². The lowest BCUT2D eigenvalue weighted by Gasteiger charge is -2.28. The fourth-order valence-corrected chi connectivity index (χ4v) is 2.69. The van der Waals surface area contributed by atoms with Gasteiger partial charge >= 0.3 is 0 Å². The number of rotatable bonds is 12. The van der Waals surface area contributed by atoms with Crippen LogP contribution in [0.3, 0.4) is 0 Å². The quantitative estimate of drug-likeness (QED) is 0.529. The first-order valence-electron chi connectivity index (χ1n) is 9.63. The molecule has 5 nitrogen and oxygen atoms in total. The van der Waals surface area contributed by atoms with E-state index >= 15 is 0 Å². The standard InChI is InChI=1S/C21H32N2O3/c1-5-8-10-13-21(4,26-7-3)20(24)23-18-11-12-19(17(15-18)16-22)25-14-9-6-2/h11-12,15H,5-10,13-14H2,1-4H3,(H,23,24)/t21-/m1/s1. The summed E-state index contributed by atoms with van der Waals surface area (Å²) in [5, 5.41) is 12.2. The van der Waals surface area contributed by atoms with E-state index in [-0.39, 0.29) is 5.91 Å². The summed E-state index contributed by atoms with van der Waals surface area (Å²) in [4.78, 5) is 12.8. The summed E-state index contributed by atoms with van der Waals surface area (Å²) in [6, 6.07) is 7.28. The third-order valence-electron chi connectivity index (χ3n) is 4.31. The Labute approximate surface area is 157 Å². The van der Waals surface area contributed by atoms with Gasteiger partial charge in [-0.05, 0) is 44.9 Å². The second-order valence-corrected chi connectivity index (χ2v) is 6.60. The fraction of sp³-hybridized carbons (Fsp3) is 0.619. The van der Waals surface area contributed by atoms with Crippen molar-refractivity contribution in [1.29, 1.82) is 5.26 Å². The molecule has 0 aliphatic carbocycles. The summed E-state index contributed by atoms with van der Waals surface area (Å²) in [6.07, 6.45) is 5.74. The van der Waals surface area contributed by atoms with Gasteiger partial charge in [-0.15, -0.1) is 0 Å². The highest BCUT2D eigenvalue weighted by Gasteiger charge is 2.33. The predicted molar refractivity (Wildman–Crippen MR) is 104 cm³/mol. The fourth-order valence-electron chi connectivity index (χ4n) is 2.69. The van der Waals surface area contributed by atoms with Crippen LogP contribution in [0.4, 0.5) is 5.69 Å². The number of amides is 1. The van der Waals surface area contributed by atoms with Crippen molar-refractivity contribution in [3.8, 4) is 11.8 Å². The Hall–Kier alpha value is -2.06. The van der Waals surface area contributed by atoms with Crippen LogP contribution in [0.15, 0.2) is 18.2 Å². The van der Waals surface area contributed by atoms with Crippen molar-refractivity contribution in [2.75, 3.05) is 18.5 Å². The van der Waals surface area contributed by atoms with Gasteiger partial charge in [0.1, 0.15) is 17.4 Å². The van der Waals surface area contributed by atoms with Crippen LogP contribution in [-0.2, 0) is 9.53 Å². The van der Waals surface area contributed by atoms with E-state index < -0.39 is 5.60 Å². The zero-order chi connectivity index (χ0) is 19.4. The minimum atomic E-state index is -0.868. The van der Waals surface area contributed by atoms with Crippen LogP contribution >= 0.6 is 0 Å². The molecular formula is C21H32N2O3. The second-order valence-electron chi connectivity index (χ2n) is 6.60. The van der Waals surface area contributed by atoms with Crippen molar-refractivity contribution < 1.29 is 14.3 Å². The Morgan fingerprint density at radius 1 is 1.19 bits per heavy atom. The van der Waals surface area contributed by atoms with E-state index in [2.05, 4.69) is 25.2 Å². The van der Waals surface area contributed by atoms with E-state index in [0.29, 0.717) is 36.6 Å². The molecule has 0 heterocycles. The van der Waals surface area contributed by atoms with Crippen LogP contribution in [0.25, 0.3) is 0 Å². The molecule has 0 aliphatic heterocycles. The van der Waals surface area contributed by atoms with Crippen LogP contribution in [-0.4, -0.2) is 24.7 Å². The number of ether oxygens (including phenoxy) is 2. The van der Waals surface area contributed by atoms with Crippen molar-refractivity contribution >= 4 is 11.6 Å².